The summed E-state index contributed by atoms with van der Waals surface area (Å²) in [7, 11) is 1.68. The van der Waals surface area contributed by atoms with Crippen LogP contribution in [0.1, 0.15) is 28.4 Å². The van der Waals surface area contributed by atoms with Gasteiger partial charge < -0.3 is 5.11 Å². The number of aliphatic hydroxyl groups is 1. The SMILES string of the molecule is C/N=C1\SCC(c2cnc(C)s2)N1C(=O)/C(=C(\C)O)c1ccccc1. The van der Waals surface area contributed by atoms with E-state index in [0.717, 1.165) is 15.6 Å². The Labute approximate surface area is 155 Å². The zero-order valence-electron chi connectivity index (χ0n) is 14.3. The highest BCUT2D eigenvalue weighted by Gasteiger charge is 2.39. The maximum atomic E-state index is 13.3. The van der Waals surface area contributed by atoms with Crippen molar-refractivity contribution in [1.82, 2.24) is 9.88 Å². The molecule has 0 saturated carbocycles. The third-order valence-corrected chi connectivity index (χ3v) is 6.04. The molecule has 130 valence electrons. The molecular formula is C18H19N3O2S2. The van der Waals surface area contributed by atoms with Gasteiger partial charge in [0.1, 0.15) is 5.76 Å². The lowest BCUT2D eigenvalue weighted by atomic mass is 10.0. The van der Waals surface area contributed by atoms with Crippen molar-refractivity contribution in [2.24, 2.45) is 4.99 Å². The number of aliphatic imine (C=N–C) groups is 1. The van der Waals surface area contributed by atoms with Crippen molar-refractivity contribution >= 4 is 39.7 Å². The molecule has 0 aliphatic carbocycles. The Balaban J connectivity index is 2.03. The summed E-state index contributed by atoms with van der Waals surface area (Å²) in [5.41, 5.74) is 0.995. The van der Waals surface area contributed by atoms with Crippen molar-refractivity contribution in [3.8, 4) is 0 Å². The Kier molecular flexibility index (Phi) is 5.24. The van der Waals surface area contributed by atoms with Crippen molar-refractivity contribution in [2.75, 3.05) is 12.8 Å². The molecule has 1 amide bonds. The molecule has 1 unspecified atom stereocenters. The number of aryl methyl sites for hydroxylation is 1. The van der Waals surface area contributed by atoms with Crippen LogP contribution < -0.4 is 0 Å². The molecule has 1 atom stereocenters. The van der Waals surface area contributed by atoms with E-state index in [1.165, 1.54) is 6.92 Å². The van der Waals surface area contributed by atoms with E-state index >= 15 is 0 Å². The molecule has 1 saturated heterocycles. The highest BCUT2D eigenvalue weighted by molar-refractivity contribution is 8.14. The third-order valence-electron chi connectivity index (χ3n) is 3.90. The normalized spacial score (nSPS) is 20.0. The van der Waals surface area contributed by atoms with E-state index < -0.39 is 0 Å². The van der Waals surface area contributed by atoms with Gasteiger partial charge in [0.25, 0.3) is 5.91 Å². The summed E-state index contributed by atoms with van der Waals surface area (Å²) in [5, 5.41) is 11.8. The monoisotopic (exact) mass is 373 g/mol. The molecule has 2 heterocycles. The minimum absolute atomic E-state index is 0.00258. The number of carbonyl (C=O) groups excluding carboxylic acids is 1. The van der Waals surface area contributed by atoms with Gasteiger partial charge in [0.15, 0.2) is 5.17 Å². The van der Waals surface area contributed by atoms with Crippen LogP contribution in [0.3, 0.4) is 0 Å². The van der Waals surface area contributed by atoms with Gasteiger partial charge in [-0.15, -0.1) is 11.3 Å². The van der Waals surface area contributed by atoms with Crippen LogP contribution >= 0.6 is 23.1 Å². The average Bonchev–Trinajstić information content (AvgIpc) is 3.21. The minimum Gasteiger partial charge on any atom is -0.512 e. The van der Waals surface area contributed by atoms with E-state index in [1.54, 1.807) is 35.0 Å². The second kappa shape index (κ2) is 7.41. The molecular weight excluding hydrogens is 354 g/mol. The summed E-state index contributed by atoms with van der Waals surface area (Å²) in [5.74, 6) is 0.489. The number of rotatable bonds is 3. The van der Waals surface area contributed by atoms with Gasteiger partial charge in [-0.1, -0.05) is 42.1 Å². The van der Waals surface area contributed by atoms with E-state index in [-0.39, 0.29) is 17.7 Å². The summed E-state index contributed by atoms with van der Waals surface area (Å²) < 4.78 is 0. The Hall–Kier alpha value is -2.12. The Morgan fingerprint density at radius 1 is 1.36 bits per heavy atom. The summed E-state index contributed by atoms with van der Waals surface area (Å²) in [4.78, 5) is 24.6. The third kappa shape index (κ3) is 3.48. The minimum atomic E-state index is -0.243. The van der Waals surface area contributed by atoms with Crippen LogP contribution in [0.5, 0.6) is 0 Å². The Bertz CT molecular complexity index is 839. The maximum Gasteiger partial charge on any atom is 0.264 e. The van der Waals surface area contributed by atoms with Crippen LogP contribution in [0.4, 0.5) is 0 Å². The predicted molar refractivity (Wildman–Crippen MR) is 104 cm³/mol. The van der Waals surface area contributed by atoms with Crippen LogP contribution in [0.2, 0.25) is 0 Å². The summed E-state index contributed by atoms with van der Waals surface area (Å²) in [6, 6.07) is 9.11. The van der Waals surface area contributed by atoms with Crippen LogP contribution in [0.15, 0.2) is 47.3 Å². The number of carbonyl (C=O) groups is 1. The predicted octanol–water partition coefficient (Wildman–Crippen LogP) is 4.04. The van der Waals surface area contributed by atoms with Crippen LogP contribution in [0.25, 0.3) is 5.57 Å². The van der Waals surface area contributed by atoms with E-state index in [1.807, 2.05) is 43.5 Å². The molecule has 2 aromatic rings. The van der Waals surface area contributed by atoms with Crippen molar-refractivity contribution in [3.05, 3.63) is 57.7 Å². The summed E-state index contributed by atoms with van der Waals surface area (Å²) in [6.45, 7) is 3.49. The van der Waals surface area contributed by atoms with Gasteiger partial charge in [-0.25, -0.2) is 4.98 Å². The number of nitrogens with zero attached hydrogens (tertiary/aromatic N) is 3. The van der Waals surface area contributed by atoms with Crippen LogP contribution in [0, 0.1) is 6.92 Å². The summed E-state index contributed by atoms with van der Waals surface area (Å²) >= 11 is 3.13. The topological polar surface area (TPSA) is 65.8 Å². The van der Waals surface area contributed by atoms with Crippen molar-refractivity contribution in [2.45, 2.75) is 19.9 Å². The van der Waals surface area contributed by atoms with E-state index in [2.05, 4.69) is 9.98 Å². The number of hydrogen-bond donors (Lipinski definition) is 1. The molecule has 1 aliphatic heterocycles. The fourth-order valence-corrected chi connectivity index (χ4v) is 4.88. The van der Waals surface area contributed by atoms with Crippen LogP contribution in [-0.2, 0) is 4.79 Å². The zero-order chi connectivity index (χ0) is 18.0. The lowest BCUT2D eigenvalue weighted by Crippen LogP contribution is -2.35. The lowest BCUT2D eigenvalue weighted by Gasteiger charge is -2.24. The van der Waals surface area contributed by atoms with Gasteiger partial charge in [0, 0.05) is 23.9 Å². The maximum absolute atomic E-state index is 13.3. The smallest absolute Gasteiger partial charge is 0.264 e. The number of amides is 1. The molecule has 0 radical (unpaired) electrons. The van der Waals surface area contributed by atoms with Crippen molar-refractivity contribution in [3.63, 3.8) is 0 Å². The van der Waals surface area contributed by atoms with Crippen LogP contribution in [-0.4, -0.2) is 38.9 Å². The Morgan fingerprint density at radius 2 is 2.08 bits per heavy atom. The lowest BCUT2D eigenvalue weighted by molar-refractivity contribution is -0.122. The van der Waals surface area contributed by atoms with Gasteiger partial charge in [-0.05, 0) is 19.4 Å². The van der Waals surface area contributed by atoms with E-state index in [4.69, 9.17) is 0 Å². The summed E-state index contributed by atoms with van der Waals surface area (Å²) in [6.07, 6.45) is 1.82. The van der Waals surface area contributed by atoms with Gasteiger partial charge in [0.2, 0.25) is 0 Å². The zero-order valence-corrected chi connectivity index (χ0v) is 15.9. The molecule has 25 heavy (non-hydrogen) atoms. The molecule has 3 rings (SSSR count). The van der Waals surface area contributed by atoms with Gasteiger partial charge in [-0.3, -0.25) is 14.7 Å². The van der Waals surface area contributed by atoms with Crippen molar-refractivity contribution in [1.29, 1.82) is 0 Å². The highest BCUT2D eigenvalue weighted by Crippen LogP contribution is 2.39. The molecule has 1 N–H and O–H groups in total. The standard InChI is InChI=1S/C18H19N3O2S2/c1-11(22)16(13-7-5-4-6-8-13)17(23)21-14(10-24-18(21)19-3)15-9-20-12(2)25-15/h4-9,14,22H,10H2,1-3H3/b16-11+,19-18-. The number of aromatic nitrogens is 1. The first-order chi connectivity index (χ1) is 12.0. The van der Waals surface area contributed by atoms with Gasteiger partial charge in [0.05, 0.1) is 16.6 Å². The molecule has 1 fully saturated rings. The second-order valence-electron chi connectivity index (χ2n) is 5.62. The first-order valence-electron chi connectivity index (χ1n) is 7.83. The van der Waals surface area contributed by atoms with Gasteiger partial charge >= 0.3 is 0 Å². The van der Waals surface area contributed by atoms with E-state index in [0.29, 0.717) is 16.3 Å². The molecule has 0 spiro atoms. The molecule has 7 heteroatoms. The fourth-order valence-electron chi connectivity index (χ4n) is 2.79. The number of thiazole rings is 1. The first-order valence-corrected chi connectivity index (χ1v) is 9.64. The number of hydrogen-bond acceptors (Lipinski definition) is 6. The number of amidine groups is 1. The number of thioether (sulfide) groups is 1. The molecule has 1 aromatic heterocycles. The average molecular weight is 374 g/mol. The quantitative estimate of drug-likeness (QED) is 0.651. The largest absolute Gasteiger partial charge is 0.512 e. The molecule has 1 aromatic carbocycles. The molecule has 1 aliphatic rings. The second-order valence-corrected chi connectivity index (χ2v) is 7.87. The number of benzene rings is 1. The Morgan fingerprint density at radius 3 is 2.64 bits per heavy atom. The molecule has 0 bridgehead atoms. The fraction of sp³-hybridized carbons (Fsp3) is 0.278. The van der Waals surface area contributed by atoms with Gasteiger partial charge in [-0.2, -0.15) is 0 Å². The number of aliphatic hydroxyl groups excluding tert-OH is 1. The highest BCUT2D eigenvalue weighted by atomic mass is 32.2. The first kappa shape index (κ1) is 17.7. The van der Waals surface area contributed by atoms with Crippen molar-refractivity contribution < 1.29 is 9.90 Å². The molecule has 5 nitrogen and oxygen atoms in total. The van der Waals surface area contributed by atoms with E-state index in [9.17, 15) is 9.90 Å². The number of allylic oxidation sites excluding steroid dienone is 1.